The summed E-state index contributed by atoms with van der Waals surface area (Å²) in [5.41, 5.74) is 2.90. The number of rotatable bonds is 4. The molecule has 0 spiro atoms. The quantitative estimate of drug-likeness (QED) is 0.355. The summed E-state index contributed by atoms with van der Waals surface area (Å²) >= 11 is 9.43. The van der Waals surface area contributed by atoms with E-state index in [0.29, 0.717) is 22.1 Å². The Labute approximate surface area is 179 Å². The molecule has 0 saturated heterocycles. The van der Waals surface area contributed by atoms with Gasteiger partial charge in [0.25, 0.3) is 5.91 Å². The second-order valence-corrected chi connectivity index (χ2v) is 7.52. The number of nitrogens with zero attached hydrogens (tertiary/aromatic N) is 1. The van der Waals surface area contributed by atoms with E-state index in [1.165, 1.54) is 12.1 Å². The summed E-state index contributed by atoms with van der Waals surface area (Å²) in [5, 5.41) is 3.18. The maximum absolute atomic E-state index is 14.2. The largest absolute Gasteiger partial charge is 0.338 e. The number of halogens is 3. The number of H-pyrrole nitrogens is 1. The van der Waals surface area contributed by atoms with Crippen LogP contribution in [0.5, 0.6) is 0 Å². The lowest BCUT2D eigenvalue weighted by Crippen LogP contribution is -2.14. The summed E-state index contributed by atoms with van der Waals surface area (Å²) in [5.74, 6) is -0.599. The molecule has 4 rings (SSSR count). The van der Waals surface area contributed by atoms with Gasteiger partial charge in [-0.3, -0.25) is 4.79 Å². The van der Waals surface area contributed by atoms with Gasteiger partial charge in [-0.25, -0.2) is 9.37 Å². The summed E-state index contributed by atoms with van der Waals surface area (Å²) in [7, 11) is 0. The Hall–Kier alpha value is -2.96. The molecule has 4 aromatic rings. The Morgan fingerprint density at radius 3 is 2.66 bits per heavy atom. The van der Waals surface area contributed by atoms with Gasteiger partial charge in [0.2, 0.25) is 0 Å². The van der Waals surface area contributed by atoms with Gasteiger partial charge in [0.1, 0.15) is 11.6 Å². The molecule has 0 atom stereocenters. The van der Waals surface area contributed by atoms with Crippen molar-refractivity contribution in [1.82, 2.24) is 9.97 Å². The van der Waals surface area contributed by atoms with Crippen molar-refractivity contribution in [2.75, 3.05) is 5.32 Å². The fourth-order valence-electron chi connectivity index (χ4n) is 2.88. The Balaban J connectivity index is 1.62. The fraction of sp³-hybridized carbons (Fsp3) is 0. The monoisotopic (exact) mass is 469 g/mol. The maximum Gasteiger partial charge on any atom is 0.258 e. The second-order valence-electron chi connectivity index (χ2n) is 6.26. The van der Waals surface area contributed by atoms with Gasteiger partial charge < -0.3 is 10.3 Å². The zero-order valence-electron chi connectivity index (χ0n) is 14.9. The lowest BCUT2D eigenvalue weighted by atomic mass is 10.1. The highest BCUT2D eigenvalue weighted by molar-refractivity contribution is 9.10. The van der Waals surface area contributed by atoms with Crippen molar-refractivity contribution in [3.63, 3.8) is 0 Å². The molecule has 1 heterocycles. The molecule has 3 aromatic carbocycles. The lowest BCUT2D eigenvalue weighted by molar-refractivity contribution is 0.102. The summed E-state index contributed by atoms with van der Waals surface area (Å²) in [6, 6.07) is 19.4. The first-order valence-corrected chi connectivity index (χ1v) is 9.86. The van der Waals surface area contributed by atoms with Gasteiger partial charge in [-0.1, -0.05) is 48.0 Å². The van der Waals surface area contributed by atoms with Crippen LogP contribution >= 0.6 is 27.5 Å². The van der Waals surface area contributed by atoms with E-state index in [9.17, 15) is 9.18 Å². The molecule has 0 bridgehead atoms. The third kappa shape index (κ3) is 4.09. The van der Waals surface area contributed by atoms with Crippen LogP contribution in [-0.2, 0) is 0 Å². The summed E-state index contributed by atoms with van der Waals surface area (Å²) in [6.45, 7) is 0. The van der Waals surface area contributed by atoms with Crippen molar-refractivity contribution in [3.8, 4) is 22.6 Å². The Morgan fingerprint density at radius 2 is 1.86 bits per heavy atom. The lowest BCUT2D eigenvalue weighted by Gasteiger charge is -2.09. The first-order chi connectivity index (χ1) is 14.0. The van der Waals surface area contributed by atoms with Crippen LogP contribution in [0.2, 0.25) is 5.02 Å². The van der Waals surface area contributed by atoms with E-state index < -0.39 is 11.7 Å². The van der Waals surface area contributed by atoms with Gasteiger partial charge in [0.15, 0.2) is 0 Å². The normalized spacial score (nSPS) is 10.7. The van der Waals surface area contributed by atoms with Crippen LogP contribution in [-0.4, -0.2) is 15.9 Å². The van der Waals surface area contributed by atoms with Crippen LogP contribution in [0.25, 0.3) is 22.6 Å². The number of carbonyl (C=O) groups is 1. The number of hydrogen-bond acceptors (Lipinski definition) is 2. The van der Waals surface area contributed by atoms with Gasteiger partial charge >= 0.3 is 0 Å². The molecule has 29 heavy (non-hydrogen) atoms. The third-order valence-electron chi connectivity index (χ3n) is 4.34. The predicted octanol–water partition coefficient (Wildman–Crippen LogP) is 6.55. The smallest absolute Gasteiger partial charge is 0.258 e. The molecule has 1 aromatic heterocycles. The van der Waals surface area contributed by atoms with Crippen molar-refractivity contribution in [3.05, 3.63) is 93.8 Å². The van der Waals surface area contributed by atoms with Gasteiger partial charge in [0.05, 0.1) is 26.9 Å². The van der Waals surface area contributed by atoms with E-state index in [0.717, 1.165) is 11.3 Å². The number of benzene rings is 3. The minimum atomic E-state index is -0.613. The van der Waals surface area contributed by atoms with Gasteiger partial charge in [-0.15, -0.1) is 0 Å². The number of nitrogens with one attached hydrogen (secondary N) is 2. The highest BCUT2D eigenvalue weighted by Crippen LogP contribution is 2.31. The SMILES string of the molecule is O=C(Nc1ccc(Cl)c(-c2ncc(-c3ccccc3)[nH]2)c1)c1cccc(Br)c1F. The maximum atomic E-state index is 14.2. The number of imidazole rings is 1. The second kappa shape index (κ2) is 8.19. The van der Waals surface area contributed by atoms with Crippen molar-refractivity contribution in [2.24, 2.45) is 0 Å². The van der Waals surface area contributed by atoms with Crippen molar-refractivity contribution >= 4 is 39.1 Å². The molecule has 144 valence electrons. The van der Waals surface area contributed by atoms with E-state index in [-0.39, 0.29) is 10.0 Å². The molecule has 0 fully saturated rings. The molecular weight excluding hydrogens is 457 g/mol. The number of carbonyl (C=O) groups excluding carboxylic acids is 1. The van der Waals surface area contributed by atoms with E-state index in [4.69, 9.17) is 11.6 Å². The van der Waals surface area contributed by atoms with Crippen molar-refractivity contribution in [1.29, 1.82) is 0 Å². The van der Waals surface area contributed by atoms with Crippen molar-refractivity contribution < 1.29 is 9.18 Å². The minimum absolute atomic E-state index is 0.0553. The van der Waals surface area contributed by atoms with Crippen LogP contribution < -0.4 is 5.32 Å². The Bertz CT molecular complexity index is 1190. The van der Waals surface area contributed by atoms with Gasteiger partial charge in [0, 0.05) is 11.3 Å². The summed E-state index contributed by atoms with van der Waals surface area (Å²) in [4.78, 5) is 20.1. The van der Waals surface area contributed by atoms with Crippen LogP contribution in [0.3, 0.4) is 0 Å². The summed E-state index contributed by atoms with van der Waals surface area (Å²) < 4.78 is 14.4. The van der Waals surface area contributed by atoms with Crippen LogP contribution in [0.15, 0.2) is 77.4 Å². The Morgan fingerprint density at radius 1 is 1.07 bits per heavy atom. The van der Waals surface area contributed by atoms with Crippen molar-refractivity contribution in [2.45, 2.75) is 0 Å². The van der Waals surface area contributed by atoms with E-state index in [2.05, 4.69) is 31.2 Å². The minimum Gasteiger partial charge on any atom is -0.338 e. The molecule has 4 nitrogen and oxygen atoms in total. The molecule has 0 aliphatic rings. The molecule has 7 heteroatoms. The predicted molar refractivity (Wildman–Crippen MR) is 117 cm³/mol. The molecule has 1 amide bonds. The van der Waals surface area contributed by atoms with E-state index >= 15 is 0 Å². The first-order valence-electron chi connectivity index (χ1n) is 8.68. The topological polar surface area (TPSA) is 57.8 Å². The average Bonchev–Trinajstić information content (AvgIpc) is 3.22. The zero-order valence-corrected chi connectivity index (χ0v) is 17.3. The fourth-order valence-corrected chi connectivity index (χ4v) is 3.46. The molecule has 0 aliphatic carbocycles. The highest BCUT2D eigenvalue weighted by Gasteiger charge is 2.16. The zero-order chi connectivity index (χ0) is 20.4. The van der Waals surface area contributed by atoms with Crippen LogP contribution in [0.1, 0.15) is 10.4 Å². The molecule has 0 unspecified atom stereocenters. The number of hydrogen-bond donors (Lipinski definition) is 2. The highest BCUT2D eigenvalue weighted by atomic mass is 79.9. The first kappa shape index (κ1) is 19.4. The van der Waals surface area contributed by atoms with E-state index in [1.807, 2.05) is 30.3 Å². The molecule has 2 N–H and O–H groups in total. The van der Waals surface area contributed by atoms with E-state index in [1.54, 1.807) is 30.5 Å². The third-order valence-corrected chi connectivity index (χ3v) is 5.28. The van der Waals surface area contributed by atoms with Crippen LogP contribution in [0, 0.1) is 5.82 Å². The van der Waals surface area contributed by atoms with Crippen LogP contribution in [0.4, 0.5) is 10.1 Å². The van der Waals surface area contributed by atoms with Gasteiger partial charge in [-0.2, -0.15) is 0 Å². The standard InChI is InChI=1S/C22H14BrClFN3O/c23-17-8-4-7-15(20(17)25)22(29)27-14-9-10-18(24)16(11-14)21-26-12-19(28-21)13-5-2-1-3-6-13/h1-12H,(H,26,28)(H,27,29). The number of aromatic amines is 1. The average molecular weight is 471 g/mol. The number of amides is 1. The molecular formula is C22H14BrClFN3O. The van der Waals surface area contributed by atoms with Gasteiger partial charge in [-0.05, 0) is 51.8 Å². The molecule has 0 radical (unpaired) electrons. The summed E-state index contributed by atoms with van der Waals surface area (Å²) in [6.07, 6.45) is 1.73. The number of anilines is 1. The molecule has 0 aliphatic heterocycles. The Kier molecular flexibility index (Phi) is 5.47. The number of aromatic nitrogens is 2. The molecule has 0 saturated carbocycles.